The summed E-state index contributed by atoms with van der Waals surface area (Å²) in [6.07, 6.45) is 1.89. The van der Waals surface area contributed by atoms with Crippen LogP contribution in [-0.2, 0) is 6.54 Å². The quantitative estimate of drug-likeness (QED) is 0.315. The van der Waals surface area contributed by atoms with Crippen molar-refractivity contribution >= 4 is 22.8 Å². The number of hydrogen-bond donors (Lipinski definition) is 1. The average molecular weight is 399 g/mol. The maximum absolute atomic E-state index is 5.94. The van der Waals surface area contributed by atoms with Gasteiger partial charge in [-0.05, 0) is 49.4 Å². The second-order valence-electron chi connectivity index (χ2n) is 6.93. The average Bonchev–Trinajstić information content (AvgIpc) is 3.06. The van der Waals surface area contributed by atoms with Crippen molar-refractivity contribution in [2.45, 2.75) is 13.5 Å². The van der Waals surface area contributed by atoms with Gasteiger partial charge in [-0.2, -0.15) is 5.10 Å². The molecule has 0 aliphatic heterocycles. The number of anilines is 1. The molecule has 0 unspecified atom stereocenters. The van der Waals surface area contributed by atoms with Crippen LogP contribution in [0, 0.1) is 6.92 Å². The third-order valence-corrected chi connectivity index (χ3v) is 5.08. The van der Waals surface area contributed by atoms with E-state index in [9.17, 15) is 0 Å². The summed E-state index contributed by atoms with van der Waals surface area (Å²) in [5.74, 6) is 1.65. The van der Waals surface area contributed by atoms with E-state index in [1.54, 1.807) is 7.11 Å². The number of aromatic nitrogens is 1. The van der Waals surface area contributed by atoms with E-state index in [-0.39, 0.29) is 0 Å². The van der Waals surface area contributed by atoms with Gasteiger partial charge in [-0.15, -0.1) is 0 Å². The summed E-state index contributed by atoms with van der Waals surface area (Å²) in [6.45, 7) is 3.44. The summed E-state index contributed by atoms with van der Waals surface area (Å²) in [7, 11) is 1.66. The van der Waals surface area contributed by atoms with Crippen molar-refractivity contribution in [2.75, 3.05) is 19.1 Å². The Labute approximate surface area is 176 Å². The Hall–Kier alpha value is -3.73. The lowest BCUT2D eigenvalue weighted by molar-refractivity contribution is 0.299. The normalized spacial score (nSPS) is 11.1. The first-order valence-corrected chi connectivity index (χ1v) is 9.95. The molecule has 5 heteroatoms. The molecule has 0 saturated heterocycles. The van der Waals surface area contributed by atoms with Crippen LogP contribution in [-0.4, -0.2) is 24.5 Å². The number of methoxy groups -OCH3 is 1. The highest BCUT2D eigenvalue weighted by molar-refractivity contribution is 6.01. The van der Waals surface area contributed by atoms with Crippen molar-refractivity contribution in [3.8, 4) is 11.5 Å². The molecule has 4 aromatic rings. The van der Waals surface area contributed by atoms with Crippen LogP contribution in [0.2, 0.25) is 0 Å². The fourth-order valence-electron chi connectivity index (χ4n) is 3.52. The van der Waals surface area contributed by atoms with E-state index in [2.05, 4.69) is 46.3 Å². The monoisotopic (exact) mass is 399 g/mol. The lowest BCUT2D eigenvalue weighted by atomic mass is 10.1. The summed E-state index contributed by atoms with van der Waals surface area (Å²) < 4.78 is 13.4. The van der Waals surface area contributed by atoms with E-state index in [0.717, 1.165) is 35.0 Å². The highest BCUT2D eigenvalue weighted by Crippen LogP contribution is 2.25. The topological polar surface area (TPSA) is 47.8 Å². The number of hydrogen-bond acceptors (Lipinski definition) is 4. The summed E-state index contributed by atoms with van der Waals surface area (Å²) in [5, 5.41) is 5.63. The Morgan fingerprint density at radius 3 is 2.37 bits per heavy atom. The number of fused-ring (bicyclic) bond motifs is 1. The molecule has 1 heterocycles. The van der Waals surface area contributed by atoms with E-state index in [1.807, 2.05) is 60.8 Å². The Morgan fingerprint density at radius 1 is 0.900 bits per heavy atom. The maximum atomic E-state index is 5.94. The highest BCUT2D eigenvalue weighted by atomic mass is 16.5. The molecule has 1 aromatic heterocycles. The molecule has 0 fully saturated rings. The Morgan fingerprint density at radius 2 is 1.60 bits per heavy atom. The minimum atomic E-state index is 0.574. The van der Waals surface area contributed by atoms with Crippen LogP contribution in [0.5, 0.6) is 11.5 Å². The van der Waals surface area contributed by atoms with Crippen molar-refractivity contribution in [3.63, 3.8) is 0 Å². The number of nitrogens with zero attached hydrogens (tertiary/aromatic N) is 2. The molecule has 0 atom stereocenters. The van der Waals surface area contributed by atoms with Gasteiger partial charge < -0.3 is 14.0 Å². The van der Waals surface area contributed by atoms with E-state index in [1.165, 1.54) is 10.9 Å². The van der Waals surface area contributed by atoms with Gasteiger partial charge in [0.05, 0.1) is 25.6 Å². The van der Waals surface area contributed by atoms with E-state index in [0.29, 0.717) is 6.61 Å². The van der Waals surface area contributed by atoms with E-state index in [4.69, 9.17) is 9.47 Å². The number of rotatable bonds is 8. The van der Waals surface area contributed by atoms with Gasteiger partial charge in [0, 0.05) is 22.2 Å². The van der Waals surface area contributed by atoms with Gasteiger partial charge in [-0.3, -0.25) is 5.43 Å². The van der Waals surface area contributed by atoms with Gasteiger partial charge in [-0.1, -0.05) is 36.4 Å². The van der Waals surface area contributed by atoms with Crippen LogP contribution in [0.3, 0.4) is 0 Å². The van der Waals surface area contributed by atoms with Crippen LogP contribution in [0.1, 0.15) is 11.3 Å². The van der Waals surface area contributed by atoms with Crippen LogP contribution in [0.25, 0.3) is 10.9 Å². The molecule has 5 nitrogen and oxygen atoms in total. The zero-order chi connectivity index (χ0) is 20.8. The van der Waals surface area contributed by atoms with Gasteiger partial charge in [-0.25, -0.2) is 0 Å². The Kier molecular flexibility index (Phi) is 5.99. The molecule has 0 bridgehead atoms. The van der Waals surface area contributed by atoms with Gasteiger partial charge >= 0.3 is 0 Å². The fourth-order valence-corrected chi connectivity index (χ4v) is 3.52. The largest absolute Gasteiger partial charge is 0.497 e. The molecule has 0 spiro atoms. The molecule has 1 N–H and O–H groups in total. The van der Waals surface area contributed by atoms with Gasteiger partial charge in [0.2, 0.25) is 0 Å². The zero-order valence-electron chi connectivity index (χ0n) is 17.2. The lowest BCUT2D eigenvalue weighted by Crippen LogP contribution is -2.09. The number of hydrazone groups is 1. The summed E-state index contributed by atoms with van der Waals surface area (Å²) in [4.78, 5) is 0. The minimum absolute atomic E-state index is 0.574. The first kappa shape index (κ1) is 19.6. The summed E-state index contributed by atoms with van der Waals surface area (Å²) in [5.41, 5.74) is 7.50. The number of ether oxygens (including phenoxy) is 2. The lowest BCUT2D eigenvalue weighted by Gasteiger charge is -2.11. The van der Waals surface area contributed by atoms with Crippen molar-refractivity contribution in [1.82, 2.24) is 4.57 Å². The van der Waals surface area contributed by atoms with E-state index >= 15 is 0 Å². The molecule has 152 valence electrons. The Bertz CT molecular complexity index is 1130. The third-order valence-electron chi connectivity index (χ3n) is 5.08. The van der Waals surface area contributed by atoms with Crippen molar-refractivity contribution < 1.29 is 9.47 Å². The molecule has 0 aliphatic carbocycles. The number of benzene rings is 3. The molecular formula is C25H25N3O2. The molecule has 4 rings (SSSR count). The zero-order valence-corrected chi connectivity index (χ0v) is 17.2. The Balaban J connectivity index is 1.51. The van der Waals surface area contributed by atoms with Crippen LogP contribution in [0.15, 0.2) is 84.0 Å². The first-order valence-electron chi connectivity index (χ1n) is 9.95. The van der Waals surface area contributed by atoms with E-state index < -0.39 is 0 Å². The standard InChI is InChI=1S/C25H25N3O2/c1-19-24(18-26-27-20-8-4-3-5-9-20)23-10-6-7-11-25(23)28(19)16-17-30-22-14-12-21(29-2)13-15-22/h3-15,18,27H,16-17H2,1-2H3/b26-18+. The van der Waals surface area contributed by atoms with Gasteiger partial charge in [0.25, 0.3) is 0 Å². The second-order valence-corrected chi connectivity index (χ2v) is 6.93. The molecular weight excluding hydrogens is 374 g/mol. The van der Waals surface area contributed by atoms with Crippen molar-refractivity contribution in [1.29, 1.82) is 0 Å². The second kappa shape index (κ2) is 9.18. The predicted octanol–water partition coefficient (Wildman–Crippen LogP) is 5.48. The van der Waals surface area contributed by atoms with Gasteiger partial charge in [0.1, 0.15) is 18.1 Å². The smallest absolute Gasteiger partial charge is 0.119 e. The van der Waals surface area contributed by atoms with Crippen molar-refractivity contribution in [2.24, 2.45) is 5.10 Å². The molecule has 0 radical (unpaired) electrons. The SMILES string of the molecule is COc1ccc(OCCn2c(C)c(/C=N/Nc3ccccc3)c3ccccc32)cc1. The third kappa shape index (κ3) is 4.30. The molecule has 0 amide bonds. The molecule has 30 heavy (non-hydrogen) atoms. The summed E-state index contributed by atoms with van der Waals surface area (Å²) >= 11 is 0. The van der Waals surface area contributed by atoms with Crippen LogP contribution >= 0.6 is 0 Å². The number of nitrogens with one attached hydrogen (secondary N) is 1. The van der Waals surface area contributed by atoms with Crippen LogP contribution < -0.4 is 14.9 Å². The molecule has 3 aromatic carbocycles. The fraction of sp³-hybridized carbons (Fsp3) is 0.160. The molecule has 0 saturated carbocycles. The van der Waals surface area contributed by atoms with Crippen LogP contribution in [0.4, 0.5) is 5.69 Å². The maximum Gasteiger partial charge on any atom is 0.119 e. The minimum Gasteiger partial charge on any atom is -0.497 e. The first-order chi connectivity index (χ1) is 14.8. The highest BCUT2D eigenvalue weighted by Gasteiger charge is 2.12. The van der Waals surface area contributed by atoms with Crippen molar-refractivity contribution in [3.05, 3.63) is 90.1 Å². The van der Waals surface area contributed by atoms with Gasteiger partial charge in [0.15, 0.2) is 0 Å². The predicted molar refractivity (Wildman–Crippen MR) is 123 cm³/mol. The molecule has 0 aliphatic rings. The number of para-hydroxylation sites is 2. The summed E-state index contributed by atoms with van der Waals surface area (Å²) in [6, 6.07) is 26.0.